The number of aliphatic imine (C=N–C) groups is 1. The second-order valence-electron chi connectivity index (χ2n) is 8.51. The lowest BCUT2D eigenvalue weighted by Gasteiger charge is -2.31. The summed E-state index contributed by atoms with van der Waals surface area (Å²) in [6.07, 6.45) is 9.09. The van der Waals surface area contributed by atoms with Gasteiger partial charge in [-0.3, -0.25) is 4.99 Å². The van der Waals surface area contributed by atoms with Gasteiger partial charge in [0, 0.05) is 31.7 Å². The van der Waals surface area contributed by atoms with Gasteiger partial charge in [0.05, 0.1) is 0 Å². The summed E-state index contributed by atoms with van der Waals surface area (Å²) in [7, 11) is 0. The zero-order valence-electron chi connectivity index (χ0n) is 18.3. The Balaban J connectivity index is 1.67. The van der Waals surface area contributed by atoms with Crippen molar-refractivity contribution in [3.05, 3.63) is 12.7 Å². The Morgan fingerprint density at radius 2 is 1.72 bits per heavy atom. The molecule has 0 radical (unpaired) electrons. The SMILES string of the molecule is CCNC(=NCCCCn1cnnc1)NC1CCC(NC(=O)OC(C)(C)C)CC1. The third-order valence-corrected chi connectivity index (χ3v) is 4.69. The monoisotopic (exact) mass is 407 g/mol. The lowest BCUT2D eigenvalue weighted by atomic mass is 9.91. The van der Waals surface area contributed by atoms with Gasteiger partial charge >= 0.3 is 6.09 Å². The summed E-state index contributed by atoms with van der Waals surface area (Å²) in [6.45, 7) is 10.2. The predicted octanol–water partition coefficient (Wildman–Crippen LogP) is 2.45. The van der Waals surface area contributed by atoms with Crippen LogP contribution in [0, 0.1) is 0 Å². The second-order valence-corrected chi connectivity index (χ2v) is 8.51. The quantitative estimate of drug-likeness (QED) is 0.347. The number of aryl methyl sites for hydroxylation is 1. The zero-order chi connectivity index (χ0) is 21.1. The van der Waals surface area contributed by atoms with E-state index in [0.717, 1.165) is 64.1 Å². The lowest BCUT2D eigenvalue weighted by molar-refractivity contribution is 0.0490. The van der Waals surface area contributed by atoms with Gasteiger partial charge in [-0.1, -0.05) is 0 Å². The van der Waals surface area contributed by atoms with Crippen LogP contribution in [0.5, 0.6) is 0 Å². The number of rotatable bonds is 8. The maximum Gasteiger partial charge on any atom is 0.407 e. The molecule has 0 aromatic carbocycles. The fraction of sp³-hybridized carbons (Fsp3) is 0.800. The molecule has 0 atom stereocenters. The summed E-state index contributed by atoms with van der Waals surface area (Å²) in [5, 5.41) is 17.5. The molecule has 1 fully saturated rings. The molecule has 9 heteroatoms. The van der Waals surface area contributed by atoms with Crippen LogP contribution < -0.4 is 16.0 Å². The summed E-state index contributed by atoms with van der Waals surface area (Å²) in [4.78, 5) is 16.6. The first-order valence-corrected chi connectivity index (χ1v) is 10.7. The van der Waals surface area contributed by atoms with E-state index < -0.39 is 5.60 Å². The number of nitrogens with zero attached hydrogens (tertiary/aromatic N) is 4. The normalized spacial score (nSPS) is 20.2. The average Bonchev–Trinajstić information content (AvgIpc) is 3.15. The molecule has 1 saturated carbocycles. The molecule has 1 heterocycles. The third kappa shape index (κ3) is 9.62. The van der Waals surface area contributed by atoms with Crippen molar-refractivity contribution in [3.63, 3.8) is 0 Å². The maximum absolute atomic E-state index is 11.9. The van der Waals surface area contributed by atoms with E-state index in [9.17, 15) is 4.79 Å². The molecule has 2 rings (SSSR count). The molecule has 164 valence electrons. The second kappa shape index (κ2) is 11.6. The van der Waals surface area contributed by atoms with Crippen LogP contribution in [0.1, 0.15) is 66.2 Å². The summed E-state index contributed by atoms with van der Waals surface area (Å²) < 4.78 is 7.33. The molecule has 0 unspecified atom stereocenters. The topological polar surface area (TPSA) is 105 Å². The van der Waals surface area contributed by atoms with E-state index in [2.05, 4.69) is 33.1 Å². The third-order valence-electron chi connectivity index (χ3n) is 4.69. The van der Waals surface area contributed by atoms with Gasteiger partial charge in [0.2, 0.25) is 0 Å². The number of carbonyl (C=O) groups excluding carboxylic acids is 1. The van der Waals surface area contributed by atoms with Crippen molar-refractivity contribution in [1.82, 2.24) is 30.7 Å². The van der Waals surface area contributed by atoms with Gasteiger partial charge in [0.15, 0.2) is 5.96 Å². The van der Waals surface area contributed by atoms with Gasteiger partial charge in [-0.05, 0) is 66.2 Å². The van der Waals surface area contributed by atoms with Crippen molar-refractivity contribution in [1.29, 1.82) is 0 Å². The highest BCUT2D eigenvalue weighted by atomic mass is 16.6. The van der Waals surface area contributed by atoms with Crippen LogP contribution >= 0.6 is 0 Å². The first-order valence-electron chi connectivity index (χ1n) is 10.7. The number of alkyl carbamates (subject to hydrolysis) is 1. The molecule has 9 nitrogen and oxygen atoms in total. The summed E-state index contributed by atoms with van der Waals surface area (Å²) >= 11 is 0. The van der Waals surface area contributed by atoms with Gasteiger partial charge in [0.25, 0.3) is 0 Å². The molecule has 0 aliphatic heterocycles. The number of hydrogen-bond donors (Lipinski definition) is 3. The van der Waals surface area contributed by atoms with Crippen molar-refractivity contribution in [2.75, 3.05) is 13.1 Å². The molecular weight excluding hydrogens is 370 g/mol. The molecule has 1 aliphatic carbocycles. The molecular formula is C20H37N7O2. The molecule has 0 spiro atoms. The molecule has 1 aromatic heterocycles. The van der Waals surface area contributed by atoms with E-state index >= 15 is 0 Å². The number of nitrogens with one attached hydrogen (secondary N) is 3. The van der Waals surface area contributed by atoms with E-state index in [1.54, 1.807) is 12.7 Å². The standard InChI is InChI=1S/C20H37N7O2/c1-5-21-18(22-12-6-7-13-27-14-23-24-15-27)25-16-8-10-17(11-9-16)26-19(28)29-20(2,3)4/h14-17H,5-13H2,1-4H3,(H,26,28)(H2,21,22,25). The number of aromatic nitrogens is 3. The van der Waals surface area contributed by atoms with E-state index in [1.807, 2.05) is 25.3 Å². The first-order chi connectivity index (χ1) is 13.9. The fourth-order valence-corrected chi connectivity index (χ4v) is 3.30. The number of guanidine groups is 1. The Labute approximate surface area is 174 Å². The minimum atomic E-state index is -0.463. The largest absolute Gasteiger partial charge is 0.444 e. The highest BCUT2D eigenvalue weighted by Crippen LogP contribution is 2.19. The Kier molecular flexibility index (Phi) is 9.21. The summed E-state index contributed by atoms with van der Waals surface area (Å²) in [5.74, 6) is 0.875. The van der Waals surface area contributed by atoms with E-state index in [0.29, 0.717) is 6.04 Å². The summed E-state index contributed by atoms with van der Waals surface area (Å²) in [6, 6.07) is 0.557. The number of carbonyl (C=O) groups is 1. The van der Waals surface area contributed by atoms with Crippen LogP contribution in [0.4, 0.5) is 4.79 Å². The van der Waals surface area contributed by atoms with Crippen molar-refractivity contribution < 1.29 is 9.53 Å². The Bertz CT molecular complexity index is 617. The molecule has 1 aromatic rings. The summed E-state index contributed by atoms with van der Waals surface area (Å²) in [5.41, 5.74) is -0.463. The number of amides is 1. The van der Waals surface area contributed by atoms with Crippen molar-refractivity contribution in [3.8, 4) is 0 Å². The predicted molar refractivity (Wildman–Crippen MR) is 114 cm³/mol. The van der Waals surface area contributed by atoms with E-state index in [-0.39, 0.29) is 12.1 Å². The van der Waals surface area contributed by atoms with Crippen LogP contribution in [0.15, 0.2) is 17.6 Å². The van der Waals surface area contributed by atoms with Crippen molar-refractivity contribution in [2.24, 2.45) is 4.99 Å². The van der Waals surface area contributed by atoms with Gasteiger partial charge in [-0.15, -0.1) is 10.2 Å². The Morgan fingerprint density at radius 3 is 2.31 bits per heavy atom. The van der Waals surface area contributed by atoms with Crippen molar-refractivity contribution in [2.45, 2.75) is 90.4 Å². The number of hydrogen-bond acceptors (Lipinski definition) is 5. The van der Waals surface area contributed by atoms with Crippen LogP contribution in [0.2, 0.25) is 0 Å². The molecule has 0 saturated heterocycles. The van der Waals surface area contributed by atoms with Crippen molar-refractivity contribution >= 4 is 12.1 Å². The van der Waals surface area contributed by atoms with Crippen LogP contribution in [0.25, 0.3) is 0 Å². The first kappa shape index (κ1) is 23.0. The number of ether oxygens (including phenoxy) is 1. The molecule has 29 heavy (non-hydrogen) atoms. The van der Waals surface area contributed by atoms with Gasteiger partial charge in [0.1, 0.15) is 18.3 Å². The average molecular weight is 408 g/mol. The Hall–Kier alpha value is -2.32. The van der Waals surface area contributed by atoms with E-state index in [1.165, 1.54) is 0 Å². The maximum atomic E-state index is 11.9. The highest BCUT2D eigenvalue weighted by Gasteiger charge is 2.25. The van der Waals surface area contributed by atoms with Crippen LogP contribution in [-0.2, 0) is 11.3 Å². The minimum Gasteiger partial charge on any atom is -0.444 e. The van der Waals surface area contributed by atoms with Crippen LogP contribution in [-0.4, -0.2) is 57.6 Å². The lowest BCUT2D eigenvalue weighted by Crippen LogP contribution is -2.48. The smallest absolute Gasteiger partial charge is 0.407 e. The molecule has 3 N–H and O–H groups in total. The van der Waals surface area contributed by atoms with E-state index in [4.69, 9.17) is 9.73 Å². The van der Waals surface area contributed by atoms with Crippen LogP contribution in [0.3, 0.4) is 0 Å². The highest BCUT2D eigenvalue weighted by molar-refractivity contribution is 5.80. The molecule has 0 bridgehead atoms. The molecule has 1 amide bonds. The number of unbranched alkanes of at least 4 members (excludes halogenated alkanes) is 1. The van der Waals surface area contributed by atoms with Gasteiger partial charge in [-0.25, -0.2) is 4.79 Å². The Morgan fingerprint density at radius 1 is 1.10 bits per heavy atom. The fourth-order valence-electron chi connectivity index (χ4n) is 3.30. The zero-order valence-corrected chi connectivity index (χ0v) is 18.3. The molecule has 1 aliphatic rings. The van der Waals surface area contributed by atoms with Gasteiger partial charge in [-0.2, -0.15) is 0 Å². The minimum absolute atomic E-state index is 0.181. The van der Waals surface area contributed by atoms with Gasteiger partial charge < -0.3 is 25.3 Å².